The molecule has 1 aromatic rings. The van der Waals surface area contributed by atoms with E-state index in [1.807, 2.05) is 25.1 Å². The Hall–Kier alpha value is -0.0500. The summed E-state index contributed by atoms with van der Waals surface area (Å²) in [5.74, 6) is 0.224. The lowest BCUT2D eigenvalue weighted by atomic mass is 9.95. The largest absolute Gasteiger partial charge is 0.388 e. The van der Waals surface area contributed by atoms with Crippen molar-refractivity contribution in [3.63, 3.8) is 0 Å². The van der Waals surface area contributed by atoms with Crippen LogP contribution in [0.25, 0.3) is 0 Å². The monoisotopic (exact) mass is 276 g/mol. The molecule has 0 aliphatic carbocycles. The number of aliphatic hydroxyl groups excluding tert-OH is 1. The molecule has 0 radical (unpaired) electrons. The molecule has 3 heteroatoms. The molecule has 14 heavy (non-hydrogen) atoms. The van der Waals surface area contributed by atoms with Crippen molar-refractivity contribution in [3.8, 4) is 0 Å². The fourth-order valence-corrected chi connectivity index (χ4v) is 1.90. The molecule has 0 aliphatic heterocycles. The summed E-state index contributed by atoms with van der Waals surface area (Å²) in [4.78, 5) is 0. The molecule has 1 N–H and O–H groups in total. The maximum absolute atomic E-state index is 9.99. The Labute approximate surface area is 98.2 Å². The van der Waals surface area contributed by atoms with Crippen LogP contribution < -0.4 is 0 Å². The fourth-order valence-electron chi connectivity index (χ4n) is 1.28. The Morgan fingerprint density at radius 1 is 1.50 bits per heavy atom. The predicted molar refractivity (Wildman–Crippen MR) is 63.6 cm³/mol. The van der Waals surface area contributed by atoms with Crippen LogP contribution in [0.15, 0.2) is 22.7 Å². The van der Waals surface area contributed by atoms with Gasteiger partial charge in [-0.05, 0) is 27.9 Å². The normalized spacial score (nSPS) is 15.2. The zero-order valence-electron chi connectivity index (χ0n) is 8.30. The van der Waals surface area contributed by atoms with Crippen LogP contribution in [0, 0.1) is 5.92 Å². The maximum atomic E-state index is 9.99. The quantitative estimate of drug-likeness (QED) is 0.878. The minimum atomic E-state index is -0.481. The zero-order valence-corrected chi connectivity index (χ0v) is 10.6. The van der Waals surface area contributed by atoms with E-state index >= 15 is 0 Å². The molecule has 0 aliphatic rings. The summed E-state index contributed by atoms with van der Waals surface area (Å²) in [6.07, 6.45) is 0.453. The van der Waals surface area contributed by atoms with E-state index in [1.165, 1.54) is 0 Å². The average Bonchev–Trinajstić information content (AvgIpc) is 2.20. The van der Waals surface area contributed by atoms with Crippen LogP contribution in [-0.4, -0.2) is 5.11 Å². The van der Waals surface area contributed by atoms with Gasteiger partial charge in [0, 0.05) is 10.0 Å². The van der Waals surface area contributed by atoms with Crippen LogP contribution in [0.1, 0.15) is 31.9 Å². The first-order valence-electron chi connectivity index (χ1n) is 4.69. The summed E-state index contributed by atoms with van der Waals surface area (Å²) < 4.78 is 0.832. The molecule has 0 amide bonds. The minimum Gasteiger partial charge on any atom is -0.388 e. The summed E-state index contributed by atoms with van der Waals surface area (Å²) in [6, 6.07) is 5.62. The van der Waals surface area contributed by atoms with Gasteiger partial charge in [-0.25, -0.2) is 0 Å². The Balaban J connectivity index is 3.01. The molecule has 0 saturated heterocycles. The van der Waals surface area contributed by atoms with Gasteiger partial charge in [-0.15, -0.1) is 0 Å². The standard InChI is InChI=1S/C11H14BrClO/c1-3-7(2)11(14)8-5-4-6-9(12)10(8)13/h4-7,11,14H,3H2,1-2H3. The molecule has 0 spiro atoms. The second-order valence-corrected chi connectivity index (χ2v) is 4.71. The molecule has 0 heterocycles. The first-order chi connectivity index (χ1) is 6.57. The van der Waals surface area contributed by atoms with Crippen LogP contribution >= 0.6 is 27.5 Å². The van der Waals surface area contributed by atoms with Crippen molar-refractivity contribution >= 4 is 27.5 Å². The van der Waals surface area contributed by atoms with E-state index < -0.39 is 6.10 Å². The van der Waals surface area contributed by atoms with Gasteiger partial charge in [-0.2, -0.15) is 0 Å². The van der Waals surface area contributed by atoms with E-state index in [2.05, 4.69) is 22.9 Å². The van der Waals surface area contributed by atoms with E-state index in [4.69, 9.17) is 11.6 Å². The highest BCUT2D eigenvalue weighted by Gasteiger charge is 2.18. The Morgan fingerprint density at radius 3 is 2.71 bits per heavy atom. The van der Waals surface area contributed by atoms with Gasteiger partial charge in [0.25, 0.3) is 0 Å². The van der Waals surface area contributed by atoms with Gasteiger partial charge in [0.15, 0.2) is 0 Å². The highest BCUT2D eigenvalue weighted by molar-refractivity contribution is 9.10. The number of aliphatic hydroxyl groups is 1. The molecule has 0 fully saturated rings. The lowest BCUT2D eigenvalue weighted by Crippen LogP contribution is -2.08. The van der Waals surface area contributed by atoms with Crippen molar-refractivity contribution in [2.75, 3.05) is 0 Å². The summed E-state index contributed by atoms with van der Waals surface area (Å²) in [7, 11) is 0. The molecule has 0 bridgehead atoms. The molecule has 2 unspecified atom stereocenters. The number of rotatable bonds is 3. The lowest BCUT2D eigenvalue weighted by Gasteiger charge is -2.19. The Bertz CT molecular complexity index is 314. The molecule has 1 rings (SSSR count). The number of hydrogen-bond acceptors (Lipinski definition) is 1. The zero-order chi connectivity index (χ0) is 10.7. The van der Waals surface area contributed by atoms with E-state index in [9.17, 15) is 5.11 Å². The Kier molecular flexibility index (Phi) is 4.42. The predicted octanol–water partition coefficient (Wildman–Crippen LogP) is 4.18. The smallest absolute Gasteiger partial charge is 0.0830 e. The van der Waals surface area contributed by atoms with Gasteiger partial charge in [0.05, 0.1) is 11.1 Å². The van der Waals surface area contributed by atoms with Crippen LogP contribution in [0.4, 0.5) is 0 Å². The third-order valence-corrected chi connectivity index (χ3v) is 3.79. The van der Waals surface area contributed by atoms with E-state index in [0.29, 0.717) is 5.02 Å². The summed E-state index contributed by atoms with van der Waals surface area (Å²) in [6.45, 7) is 4.07. The van der Waals surface area contributed by atoms with Gasteiger partial charge < -0.3 is 5.11 Å². The molecule has 1 aromatic carbocycles. The molecular formula is C11H14BrClO. The summed E-state index contributed by atoms with van der Waals surface area (Å²) in [5, 5.41) is 10.6. The number of benzene rings is 1. The molecule has 0 aromatic heterocycles. The van der Waals surface area contributed by atoms with Gasteiger partial charge in [-0.3, -0.25) is 0 Å². The van der Waals surface area contributed by atoms with Crippen LogP contribution in [-0.2, 0) is 0 Å². The summed E-state index contributed by atoms with van der Waals surface area (Å²) in [5.41, 5.74) is 0.801. The fraction of sp³-hybridized carbons (Fsp3) is 0.455. The van der Waals surface area contributed by atoms with E-state index in [1.54, 1.807) is 0 Å². The third kappa shape index (κ3) is 2.50. The summed E-state index contributed by atoms with van der Waals surface area (Å²) >= 11 is 9.42. The molecule has 2 atom stereocenters. The number of hydrogen-bond donors (Lipinski definition) is 1. The molecular weight excluding hydrogens is 263 g/mol. The van der Waals surface area contributed by atoms with Crippen molar-refractivity contribution < 1.29 is 5.11 Å². The van der Waals surface area contributed by atoms with Gasteiger partial charge in [0.2, 0.25) is 0 Å². The van der Waals surface area contributed by atoms with Gasteiger partial charge in [0.1, 0.15) is 0 Å². The minimum absolute atomic E-state index is 0.224. The number of halogens is 2. The molecule has 1 nitrogen and oxygen atoms in total. The first kappa shape index (κ1) is 12.0. The van der Waals surface area contributed by atoms with Crippen molar-refractivity contribution in [2.45, 2.75) is 26.4 Å². The second-order valence-electron chi connectivity index (χ2n) is 3.47. The topological polar surface area (TPSA) is 20.2 Å². The van der Waals surface area contributed by atoms with Crippen LogP contribution in [0.2, 0.25) is 5.02 Å². The highest BCUT2D eigenvalue weighted by atomic mass is 79.9. The van der Waals surface area contributed by atoms with E-state index in [0.717, 1.165) is 16.5 Å². The highest BCUT2D eigenvalue weighted by Crippen LogP contribution is 2.34. The Morgan fingerprint density at radius 2 is 2.14 bits per heavy atom. The molecule has 78 valence electrons. The van der Waals surface area contributed by atoms with Crippen molar-refractivity contribution in [1.82, 2.24) is 0 Å². The average molecular weight is 278 g/mol. The van der Waals surface area contributed by atoms with E-state index in [-0.39, 0.29) is 5.92 Å². The first-order valence-corrected chi connectivity index (χ1v) is 5.87. The van der Waals surface area contributed by atoms with Gasteiger partial charge in [-0.1, -0.05) is 44.0 Å². The van der Waals surface area contributed by atoms with Crippen LogP contribution in [0.3, 0.4) is 0 Å². The van der Waals surface area contributed by atoms with Crippen LogP contribution in [0.5, 0.6) is 0 Å². The lowest BCUT2D eigenvalue weighted by molar-refractivity contribution is 0.115. The SMILES string of the molecule is CCC(C)C(O)c1cccc(Br)c1Cl. The van der Waals surface area contributed by atoms with Crippen molar-refractivity contribution in [2.24, 2.45) is 5.92 Å². The third-order valence-electron chi connectivity index (χ3n) is 2.48. The van der Waals surface area contributed by atoms with Crippen molar-refractivity contribution in [3.05, 3.63) is 33.3 Å². The maximum Gasteiger partial charge on any atom is 0.0830 e. The molecule has 0 saturated carbocycles. The second kappa shape index (κ2) is 5.15. The van der Waals surface area contributed by atoms with Crippen molar-refractivity contribution in [1.29, 1.82) is 0 Å². The van der Waals surface area contributed by atoms with Gasteiger partial charge >= 0.3 is 0 Å².